The minimum atomic E-state index is -0.240. The van der Waals surface area contributed by atoms with Crippen LogP contribution in [0.3, 0.4) is 0 Å². The van der Waals surface area contributed by atoms with E-state index in [0.29, 0.717) is 12.0 Å². The predicted molar refractivity (Wildman–Crippen MR) is 78.0 cm³/mol. The molecule has 3 nitrogen and oxygen atoms in total. The molecule has 0 N–H and O–H groups in total. The molecule has 1 heterocycles. The van der Waals surface area contributed by atoms with Crippen molar-refractivity contribution in [2.75, 3.05) is 7.11 Å². The first kappa shape index (κ1) is 15.1. The quantitative estimate of drug-likeness (QED) is 0.733. The highest BCUT2D eigenvalue weighted by atomic mass is 16.7. The van der Waals surface area contributed by atoms with Crippen LogP contribution in [0.4, 0.5) is 0 Å². The molecule has 0 amide bonds. The Bertz CT molecular complexity index is 314. The zero-order valence-corrected chi connectivity index (χ0v) is 12.9. The van der Waals surface area contributed by atoms with Crippen molar-refractivity contribution in [3.8, 4) is 0 Å². The third-order valence-corrected chi connectivity index (χ3v) is 4.86. The topological polar surface area (TPSA) is 27.7 Å². The summed E-state index contributed by atoms with van der Waals surface area (Å²) in [7, 11) is 1.61. The smallest absolute Gasteiger partial charge is 0.400 e. The molecular weight excluding hydrogens is 239 g/mol. The second-order valence-electron chi connectivity index (χ2n) is 6.78. The highest BCUT2D eigenvalue weighted by Crippen LogP contribution is 2.37. The lowest BCUT2D eigenvalue weighted by Gasteiger charge is -2.32. The van der Waals surface area contributed by atoms with Gasteiger partial charge in [-0.3, -0.25) is 0 Å². The van der Waals surface area contributed by atoms with Crippen LogP contribution in [0.5, 0.6) is 0 Å². The van der Waals surface area contributed by atoms with Crippen LogP contribution in [0, 0.1) is 5.92 Å². The number of hydrogen-bond acceptors (Lipinski definition) is 3. The van der Waals surface area contributed by atoms with Crippen molar-refractivity contribution >= 4 is 7.12 Å². The molecule has 2 aliphatic rings. The van der Waals surface area contributed by atoms with E-state index >= 15 is 0 Å². The first-order chi connectivity index (χ1) is 8.84. The van der Waals surface area contributed by atoms with E-state index in [2.05, 4.69) is 39.7 Å². The Morgan fingerprint density at radius 1 is 1.00 bits per heavy atom. The van der Waals surface area contributed by atoms with Crippen LogP contribution >= 0.6 is 0 Å². The zero-order valence-electron chi connectivity index (χ0n) is 12.9. The summed E-state index contributed by atoms with van der Waals surface area (Å²) in [5.41, 5.74) is -0.481. The lowest BCUT2D eigenvalue weighted by atomic mass is 9.82. The maximum atomic E-state index is 5.96. The Hall–Kier alpha value is -0.315. The molecule has 0 spiro atoms. The first-order valence-corrected chi connectivity index (χ1v) is 7.41. The fourth-order valence-electron chi connectivity index (χ4n) is 2.73. The van der Waals surface area contributed by atoms with Crippen LogP contribution in [0.1, 0.15) is 53.4 Å². The van der Waals surface area contributed by atoms with Gasteiger partial charge in [0.15, 0.2) is 0 Å². The van der Waals surface area contributed by atoms with E-state index in [1.54, 1.807) is 0 Å². The standard InChI is InChI=1S/C15H27BO3/c1-14(2)15(3,4)19-16(18-14)11-10-12-6-8-13(17-5)9-7-12/h10-13H,6-9H2,1-5H3. The summed E-state index contributed by atoms with van der Waals surface area (Å²) in [5.74, 6) is 2.74. The number of hydrogen-bond donors (Lipinski definition) is 0. The largest absolute Gasteiger partial charge is 0.486 e. The van der Waals surface area contributed by atoms with Gasteiger partial charge in [-0.25, -0.2) is 0 Å². The van der Waals surface area contributed by atoms with Gasteiger partial charge in [0.25, 0.3) is 0 Å². The Morgan fingerprint density at radius 3 is 2.00 bits per heavy atom. The van der Waals surface area contributed by atoms with E-state index < -0.39 is 0 Å². The van der Waals surface area contributed by atoms with Crippen molar-refractivity contribution in [2.45, 2.75) is 70.7 Å². The van der Waals surface area contributed by atoms with Gasteiger partial charge in [-0.1, -0.05) is 12.1 Å². The van der Waals surface area contributed by atoms with Gasteiger partial charge in [-0.05, 0) is 59.3 Å². The van der Waals surface area contributed by atoms with Crippen molar-refractivity contribution in [1.29, 1.82) is 0 Å². The molecule has 1 aliphatic carbocycles. The SMILES string of the molecule is COC1CCC(C=CB2OC(C)(C)C(C)(C)O2)CC1. The highest BCUT2D eigenvalue weighted by Gasteiger charge is 2.50. The molecule has 108 valence electrons. The van der Waals surface area contributed by atoms with E-state index in [1.807, 2.05) is 7.11 Å². The minimum Gasteiger partial charge on any atom is -0.400 e. The Balaban J connectivity index is 1.84. The molecule has 0 radical (unpaired) electrons. The Labute approximate surface area is 117 Å². The number of ether oxygens (including phenoxy) is 1. The molecule has 2 rings (SSSR count). The summed E-state index contributed by atoms with van der Waals surface area (Å²) < 4.78 is 17.3. The highest BCUT2D eigenvalue weighted by molar-refractivity contribution is 6.51. The molecule has 19 heavy (non-hydrogen) atoms. The summed E-state index contributed by atoms with van der Waals surface area (Å²) in [4.78, 5) is 0. The van der Waals surface area contributed by atoms with Crippen molar-refractivity contribution in [3.05, 3.63) is 12.1 Å². The van der Waals surface area contributed by atoms with Gasteiger partial charge >= 0.3 is 7.12 Å². The average Bonchev–Trinajstić information content (AvgIpc) is 2.56. The second kappa shape index (κ2) is 5.59. The van der Waals surface area contributed by atoms with Crippen molar-refractivity contribution in [1.82, 2.24) is 0 Å². The Morgan fingerprint density at radius 2 is 1.53 bits per heavy atom. The van der Waals surface area contributed by atoms with Gasteiger partial charge in [-0.2, -0.15) is 0 Å². The van der Waals surface area contributed by atoms with Gasteiger partial charge in [-0.15, -0.1) is 0 Å². The minimum absolute atomic E-state index is 0.204. The fourth-order valence-corrected chi connectivity index (χ4v) is 2.73. The summed E-state index contributed by atoms with van der Waals surface area (Å²) in [5, 5.41) is 0. The van der Waals surface area contributed by atoms with Gasteiger partial charge in [0.1, 0.15) is 0 Å². The maximum absolute atomic E-state index is 5.96. The predicted octanol–water partition coefficient (Wildman–Crippen LogP) is 3.38. The number of methoxy groups -OCH3 is 1. The molecule has 0 unspecified atom stereocenters. The maximum Gasteiger partial charge on any atom is 0.486 e. The van der Waals surface area contributed by atoms with Crippen LogP contribution in [0.15, 0.2) is 12.1 Å². The van der Waals surface area contributed by atoms with Gasteiger partial charge in [0, 0.05) is 7.11 Å². The molecule has 2 fully saturated rings. The summed E-state index contributed by atoms with van der Waals surface area (Å²) in [6.45, 7) is 8.35. The van der Waals surface area contributed by atoms with Crippen LogP contribution in [0.25, 0.3) is 0 Å². The normalized spacial score (nSPS) is 34.1. The first-order valence-electron chi connectivity index (χ1n) is 7.41. The van der Waals surface area contributed by atoms with Gasteiger partial charge in [0.05, 0.1) is 17.3 Å². The van der Waals surface area contributed by atoms with E-state index in [4.69, 9.17) is 14.0 Å². The lowest BCUT2D eigenvalue weighted by Crippen LogP contribution is -2.41. The molecule has 0 bridgehead atoms. The van der Waals surface area contributed by atoms with Crippen molar-refractivity contribution in [2.24, 2.45) is 5.92 Å². The average molecular weight is 266 g/mol. The van der Waals surface area contributed by atoms with E-state index in [-0.39, 0.29) is 18.3 Å². The van der Waals surface area contributed by atoms with E-state index in [9.17, 15) is 0 Å². The summed E-state index contributed by atoms with van der Waals surface area (Å²) >= 11 is 0. The van der Waals surface area contributed by atoms with Crippen LogP contribution in [-0.4, -0.2) is 31.5 Å². The zero-order chi connectivity index (χ0) is 14.1. The lowest BCUT2D eigenvalue weighted by molar-refractivity contribution is 0.00578. The molecule has 1 saturated carbocycles. The van der Waals surface area contributed by atoms with Crippen molar-refractivity contribution < 1.29 is 14.0 Å². The fraction of sp³-hybridized carbons (Fsp3) is 0.867. The number of rotatable bonds is 3. The van der Waals surface area contributed by atoms with Crippen LogP contribution < -0.4 is 0 Å². The molecular formula is C15H27BO3. The van der Waals surface area contributed by atoms with Gasteiger partial charge in [0.2, 0.25) is 0 Å². The van der Waals surface area contributed by atoms with Crippen LogP contribution in [0.2, 0.25) is 0 Å². The third kappa shape index (κ3) is 3.42. The Kier molecular flexibility index (Phi) is 4.43. The molecule has 4 heteroatoms. The summed E-state index contributed by atoms with van der Waals surface area (Å²) in [6.07, 6.45) is 7.46. The number of allylic oxidation sites excluding steroid dienone is 1. The monoisotopic (exact) mass is 266 g/mol. The van der Waals surface area contributed by atoms with Gasteiger partial charge < -0.3 is 14.0 Å². The molecule has 1 aliphatic heterocycles. The second-order valence-corrected chi connectivity index (χ2v) is 6.78. The molecule has 0 aromatic rings. The van der Waals surface area contributed by atoms with Crippen molar-refractivity contribution in [3.63, 3.8) is 0 Å². The van der Waals surface area contributed by atoms with Crippen LogP contribution in [-0.2, 0) is 14.0 Å². The molecule has 1 saturated heterocycles. The summed E-state index contributed by atoms with van der Waals surface area (Å²) in [6, 6.07) is 0. The van der Waals surface area contributed by atoms with E-state index in [1.165, 1.54) is 12.8 Å². The molecule has 0 aromatic heterocycles. The molecule has 0 aromatic carbocycles. The van der Waals surface area contributed by atoms with E-state index in [0.717, 1.165) is 12.8 Å². The third-order valence-electron chi connectivity index (χ3n) is 4.86. The molecule has 0 atom stereocenters.